The first kappa shape index (κ1) is 9.52. The molecule has 0 aromatic rings. The molecule has 3 nitrogen and oxygen atoms in total. The van der Waals surface area contributed by atoms with Gasteiger partial charge in [0.25, 0.3) is 0 Å². The predicted octanol–water partition coefficient (Wildman–Crippen LogP) is 0.659. The Morgan fingerprint density at radius 2 is 2.25 bits per heavy atom. The minimum atomic E-state index is -0.923. The number of carbonyl (C=O) groups is 1. The number of rotatable bonds is 2. The van der Waals surface area contributed by atoms with E-state index in [1.807, 2.05) is 0 Å². The Hall–Kier alpha value is -0.570. The molecule has 3 unspecified atom stereocenters. The molecule has 0 heterocycles. The molecule has 12 heavy (non-hydrogen) atoms. The van der Waals surface area contributed by atoms with Gasteiger partial charge in [0.05, 0.1) is 0 Å². The molecule has 1 rings (SSSR count). The molecule has 0 saturated heterocycles. The molecule has 0 radical (unpaired) electrons. The molecule has 3 N–H and O–H groups in total. The van der Waals surface area contributed by atoms with E-state index in [2.05, 4.69) is 6.92 Å². The lowest BCUT2D eigenvalue weighted by Gasteiger charge is -2.28. The van der Waals surface area contributed by atoms with Crippen LogP contribution in [0, 0.1) is 11.8 Å². The van der Waals surface area contributed by atoms with Gasteiger partial charge in [-0.1, -0.05) is 19.8 Å². The van der Waals surface area contributed by atoms with Crippen LogP contribution in [-0.4, -0.2) is 17.1 Å². The lowest BCUT2D eigenvalue weighted by Crippen LogP contribution is -2.37. The molecule has 3 atom stereocenters. The highest BCUT2D eigenvalue weighted by Crippen LogP contribution is 2.30. The van der Waals surface area contributed by atoms with Crippen molar-refractivity contribution in [1.82, 2.24) is 0 Å². The monoisotopic (exact) mass is 171 g/mol. The van der Waals surface area contributed by atoms with Crippen molar-refractivity contribution in [3.8, 4) is 0 Å². The smallest absolute Gasteiger partial charge is 0.246 e. The van der Waals surface area contributed by atoms with Gasteiger partial charge in [0.1, 0.15) is 6.10 Å². The summed E-state index contributed by atoms with van der Waals surface area (Å²) in [7, 11) is 0. The maximum absolute atomic E-state index is 10.7. The Morgan fingerprint density at radius 1 is 1.58 bits per heavy atom. The molecule has 1 saturated carbocycles. The fourth-order valence-electron chi connectivity index (χ4n) is 2.00. The summed E-state index contributed by atoms with van der Waals surface area (Å²) in [5.74, 6) is 0.151. The van der Waals surface area contributed by atoms with Crippen molar-refractivity contribution in [2.45, 2.75) is 38.7 Å². The zero-order valence-corrected chi connectivity index (χ0v) is 7.49. The van der Waals surface area contributed by atoms with Crippen molar-refractivity contribution in [2.24, 2.45) is 17.6 Å². The van der Waals surface area contributed by atoms with Gasteiger partial charge < -0.3 is 10.8 Å². The van der Waals surface area contributed by atoms with Gasteiger partial charge in [-0.05, 0) is 24.7 Å². The topological polar surface area (TPSA) is 63.3 Å². The third-order valence-corrected chi connectivity index (χ3v) is 2.71. The van der Waals surface area contributed by atoms with E-state index in [1.165, 1.54) is 6.42 Å². The minimum absolute atomic E-state index is 0.103. The molecular weight excluding hydrogens is 154 g/mol. The van der Waals surface area contributed by atoms with Gasteiger partial charge in [0, 0.05) is 0 Å². The van der Waals surface area contributed by atoms with Gasteiger partial charge in [-0.2, -0.15) is 0 Å². The van der Waals surface area contributed by atoms with Gasteiger partial charge in [-0.25, -0.2) is 0 Å². The summed E-state index contributed by atoms with van der Waals surface area (Å²) in [5, 5.41) is 9.39. The summed E-state index contributed by atoms with van der Waals surface area (Å²) < 4.78 is 0. The van der Waals surface area contributed by atoms with Crippen LogP contribution < -0.4 is 5.73 Å². The molecule has 3 heteroatoms. The van der Waals surface area contributed by atoms with E-state index in [1.54, 1.807) is 0 Å². The number of hydrogen-bond donors (Lipinski definition) is 2. The number of aliphatic hydroxyl groups excluding tert-OH is 1. The van der Waals surface area contributed by atoms with E-state index in [0.29, 0.717) is 5.92 Å². The third-order valence-electron chi connectivity index (χ3n) is 2.71. The van der Waals surface area contributed by atoms with Gasteiger partial charge in [0.2, 0.25) is 5.91 Å². The largest absolute Gasteiger partial charge is 0.383 e. The average molecular weight is 171 g/mol. The van der Waals surface area contributed by atoms with E-state index in [9.17, 15) is 9.90 Å². The number of nitrogens with two attached hydrogens (primary N) is 1. The van der Waals surface area contributed by atoms with E-state index in [-0.39, 0.29) is 5.92 Å². The number of amides is 1. The van der Waals surface area contributed by atoms with Crippen LogP contribution in [0.1, 0.15) is 32.6 Å². The first-order valence-corrected chi connectivity index (χ1v) is 4.58. The van der Waals surface area contributed by atoms with Crippen molar-refractivity contribution in [3.05, 3.63) is 0 Å². The molecule has 1 amide bonds. The van der Waals surface area contributed by atoms with E-state index in [0.717, 1.165) is 19.3 Å². The summed E-state index contributed by atoms with van der Waals surface area (Å²) in [6.45, 7) is 2.15. The Bertz CT molecular complexity index is 170. The quantitative estimate of drug-likeness (QED) is 0.641. The minimum Gasteiger partial charge on any atom is -0.383 e. The van der Waals surface area contributed by atoms with Crippen molar-refractivity contribution < 1.29 is 9.90 Å². The third kappa shape index (κ3) is 2.21. The second-order valence-electron chi connectivity index (χ2n) is 3.88. The predicted molar refractivity (Wildman–Crippen MR) is 46.3 cm³/mol. The number of carbonyl (C=O) groups excluding carboxylic acids is 1. The highest BCUT2D eigenvalue weighted by molar-refractivity contribution is 5.78. The summed E-state index contributed by atoms with van der Waals surface area (Å²) in [5.41, 5.74) is 5.02. The number of aliphatic hydroxyl groups is 1. The van der Waals surface area contributed by atoms with Gasteiger partial charge in [-0.3, -0.25) is 4.79 Å². The van der Waals surface area contributed by atoms with E-state index < -0.39 is 12.0 Å². The number of primary amides is 1. The Morgan fingerprint density at radius 3 is 2.75 bits per heavy atom. The zero-order valence-electron chi connectivity index (χ0n) is 7.49. The lowest BCUT2D eigenvalue weighted by atomic mass is 9.79. The molecule has 70 valence electrons. The van der Waals surface area contributed by atoms with Gasteiger partial charge >= 0.3 is 0 Å². The van der Waals surface area contributed by atoms with Crippen molar-refractivity contribution in [2.75, 3.05) is 0 Å². The van der Waals surface area contributed by atoms with Crippen LogP contribution >= 0.6 is 0 Å². The summed E-state index contributed by atoms with van der Waals surface area (Å²) in [6.07, 6.45) is 3.27. The molecule has 1 aliphatic rings. The second kappa shape index (κ2) is 3.90. The zero-order chi connectivity index (χ0) is 9.14. The van der Waals surface area contributed by atoms with Crippen molar-refractivity contribution in [1.29, 1.82) is 0 Å². The van der Waals surface area contributed by atoms with E-state index in [4.69, 9.17) is 5.73 Å². The lowest BCUT2D eigenvalue weighted by molar-refractivity contribution is -0.129. The second-order valence-corrected chi connectivity index (χ2v) is 3.88. The van der Waals surface area contributed by atoms with Crippen LogP contribution in [-0.2, 0) is 4.79 Å². The van der Waals surface area contributed by atoms with E-state index >= 15 is 0 Å². The first-order chi connectivity index (χ1) is 5.61. The normalized spacial score (nSPS) is 32.8. The summed E-state index contributed by atoms with van der Waals surface area (Å²) in [6, 6.07) is 0. The highest BCUT2D eigenvalue weighted by Gasteiger charge is 2.28. The molecule has 1 aliphatic carbocycles. The summed E-state index contributed by atoms with van der Waals surface area (Å²) >= 11 is 0. The van der Waals surface area contributed by atoms with Crippen molar-refractivity contribution in [3.63, 3.8) is 0 Å². The molecule has 0 spiro atoms. The van der Waals surface area contributed by atoms with Crippen LogP contribution in [0.3, 0.4) is 0 Å². The highest BCUT2D eigenvalue weighted by atomic mass is 16.3. The SMILES string of the molecule is CC1CCCC(C(O)C(N)=O)C1. The average Bonchev–Trinajstić information content (AvgIpc) is 2.03. The van der Waals surface area contributed by atoms with Crippen LogP contribution in [0.2, 0.25) is 0 Å². The Kier molecular flexibility index (Phi) is 3.09. The molecule has 1 fully saturated rings. The Balaban J connectivity index is 2.45. The van der Waals surface area contributed by atoms with Gasteiger partial charge in [0.15, 0.2) is 0 Å². The fourth-order valence-corrected chi connectivity index (χ4v) is 2.00. The molecule has 0 aliphatic heterocycles. The van der Waals surface area contributed by atoms with Crippen LogP contribution in [0.4, 0.5) is 0 Å². The standard InChI is InChI=1S/C9H17NO2/c1-6-3-2-4-7(5-6)8(11)9(10)12/h6-8,11H,2-5H2,1H3,(H2,10,12). The maximum atomic E-state index is 10.7. The molecule has 0 aromatic heterocycles. The maximum Gasteiger partial charge on any atom is 0.246 e. The van der Waals surface area contributed by atoms with Gasteiger partial charge in [-0.15, -0.1) is 0 Å². The molecule has 0 aromatic carbocycles. The summed E-state index contributed by atoms with van der Waals surface area (Å²) in [4.78, 5) is 10.7. The Labute approximate surface area is 72.9 Å². The van der Waals surface area contributed by atoms with Crippen LogP contribution in [0.5, 0.6) is 0 Å². The van der Waals surface area contributed by atoms with Crippen molar-refractivity contribution >= 4 is 5.91 Å². The molecular formula is C9H17NO2. The van der Waals surface area contributed by atoms with Crippen LogP contribution in [0.15, 0.2) is 0 Å². The van der Waals surface area contributed by atoms with Crippen LogP contribution in [0.25, 0.3) is 0 Å². The number of hydrogen-bond acceptors (Lipinski definition) is 2. The fraction of sp³-hybridized carbons (Fsp3) is 0.889. The molecule has 0 bridgehead atoms. The first-order valence-electron chi connectivity index (χ1n) is 4.58.